The van der Waals surface area contributed by atoms with Gasteiger partial charge in [0.15, 0.2) is 0 Å². The lowest BCUT2D eigenvalue weighted by Crippen LogP contribution is -2.55. The van der Waals surface area contributed by atoms with Gasteiger partial charge in [0.1, 0.15) is 11.7 Å². The van der Waals surface area contributed by atoms with E-state index in [-0.39, 0.29) is 5.54 Å². The molecule has 0 aromatic carbocycles. The summed E-state index contributed by atoms with van der Waals surface area (Å²) >= 11 is 0. The van der Waals surface area contributed by atoms with Crippen LogP contribution in [0.25, 0.3) is 0 Å². The predicted octanol–water partition coefficient (Wildman–Crippen LogP) is 5.89. The first-order valence-electron chi connectivity index (χ1n) is 11.2. The molecule has 1 aliphatic carbocycles. The maximum atomic E-state index is 14.1. The molecule has 1 fully saturated rings. The Morgan fingerprint density at radius 2 is 1.93 bits per heavy atom. The largest absolute Gasteiger partial charge is 0.390 e. The molecule has 0 unspecified atom stereocenters. The van der Waals surface area contributed by atoms with Gasteiger partial charge in [0.2, 0.25) is 0 Å². The van der Waals surface area contributed by atoms with Crippen molar-refractivity contribution in [1.29, 1.82) is 5.26 Å². The molecule has 1 N–H and O–H groups in total. The molecule has 4 heteroatoms. The zero-order valence-corrected chi connectivity index (χ0v) is 18.9. The van der Waals surface area contributed by atoms with E-state index in [2.05, 4.69) is 44.0 Å². The third-order valence-electron chi connectivity index (χ3n) is 7.15. The maximum Gasteiger partial charge on any atom is 0.108 e. The number of allylic oxidation sites excluding steroid dienone is 1. The van der Waals surface area contributed by atoms with Crippen molar-refractivity contribution < 1.29 is 4.39 Å². The predicted molar refractivity (Wildman–Crippen MR) is 116 cm³/mol. The lowest BCUT2D eigenvalue weighted by atomic mass is 9.71. The van der Waals surface area contributed by atoms with Gasteiger partial charge in [-0.25, -0.2) is 4.39 Å². The first kappa shape index (κ1) is 22.9. The molecule has 1 heterocycles. The molecule has 2 rings (SSSR count). The molecule has 2 aliphatic rings. The molecule has 0 aromatic heterocycles. The number of hydrogen-bond donors (Lipinski definition) is 1. The van der Waals surface area contributed by atoms with E-state index in [0.717, 1.165) is 62.9 Å². The Hall–Kier alpha value is -1.34. The van der Waals surface area contributed by atoms with Gasteiger partial charge in [0.25, 0.3) is 0 Å². The van der Waals surface area contributed by atoms with Crippen LogP contribution in [-0.2, 0) is 0 Å². The van der Waals surface area contributed by atoms with E-state index in [1.807, 2.05) is 7.05 Å². The van der Waals surface area contributed by atoms with Gasteiger partial charge in [-0.3, -0.25) is 4.90 Å². The summed E-state index contributed by atoms with van der Waals surface area (Å²) in [5, 5.41) is 13.3. The van der Waals surface area contributed by atoms with Crippen molar-refractivity contribution in [2.24, 2.45) is 5.92 Å². The number of hydrogen-bond acceptors (Lipinski definition) is 3. The summed E-state index contributed by atoms with van der Waals surface area (Å²) < 4.78 is 14.1. The monoisotopic (exact) mass is 389 g/mol. The number of unbranched alkanes of at least 4 members (excludes halogenated alkanes) is 1. The van der Waals surface area contributed by atoms with Crippen LogP contribution in [0.3, 0.4) is 0 Å². The SMILES string of the molecule is CCCC/C(NC)=C(/C#N)C1=C(C)CC(CC)(CC)N(CC2CC(C)(F)C2)C1. The molecule has 3 nitrogen and oxygen atoms in total. The number of nitriles is 1. The van der Waals surface area contributed by atoms with E-state index in [1.165, 1.54) is 11.1 Å². The zero-order valence-electron chi connectivity index (χ0n) is 18.9. The topological polar surface area (TPSA) is 39.1 Å². The summed E-state index contributed by atoms with van der Waals surface area (Å²) in [4.78, 5) is 2.58. The van der Waals surface area contributed by atoms with Crippen molar-refractivity contribution >= 4 is 0 Å². The van der Waals surface area contributed by atoms with Crippen molar-refractivity contribution in [1.82, 2.24) is 10.2 Å². The molecule has 28 heavy (non-hydrogen) atoms. The first-order valence-corrected chi connectivity index (χ1v) is 11.2. The highest BCUT2D eigenvalue weighted by molar-refractivity contribution is 5.49. The van der Waals surface area contributed by atoms with Crippen LogP contribution in [0.15, 0.2) is 22.4 Å². The average Bonchev–Trinajstić information content (AvgIpc) is 2.65. The van der Waals surface area contributed by atoms with Gasteiger partial charge in [-0.05, 0) is 70.3 Å². The summed E-state index contributed by atoms with van der Waals surface area (Å²) in [6.07, 6.45) is 7.65. The zero-order chi connectivity index (χ0) is 20.9. The minimum atomic E-state index is -0.979. The molecule has 0 aromatic rings. The standard InChI is InChI=1S/C24H40FN3/c1-7-10-11-22(27-6)20(15-26)21-17-28(16-19-13-23(5,25)14-19)24(8-2,9-3)12-18(21)4/h19,27H,7-14,16-17H2,1-6H3/b22-20+. The Balaban J connectivity index is 2.34. The molecule has 158 valence electrons. The quantitative estimate of drug-likeness (QED) is 0.500. The molecular formula is C24H40FN3. The van der Waals surface area contributed by atoms with E-state index < -0.39 is 5.67 Å². The van der Waals surface area contributed by atoms with Gasteiger partial charge in [0.05, 0.1) is 5.57 Å². The molecule has 0 amide bonds. The van der Waals surface area contributed by atoms with Crippen LogP contribution in [0.1, 0.15) is 86.0 Å². The van der Waals surface area contributed by atoms with Gasteiger partial charge >= 0.3 is 0 Å². The van der Waals surface area contributed by atoms with Gasteiger partial charge in [-0.2, -0.15) is 5.26 Å². The smallest absolute Gasteiger partial charge is 0.108 e. The maximum absolute atomic E-state index is 14.1. The number of halogens is 1. The van der Waals surface area contributed by atoms with E-state index in [0.29, 0.717) is 18.8 Å². The Morgan fingerprint density at radius 1 is 1.29 bits per heavy atom. The Bertz CT molecular complexity index is 641. The van der Waals surface area contributed by atoms with E-state index in [4.69, 9.17) is 0 Å². The number of rotatable bonds is 9. The Kier molecular flexibility index (Phi) is 7.73. The number of nitrogens with zero attached hydrogens (tertiary/aromatic N) is 2. The summed E-state index contributed by atoms with van der Waals surface area (Å²) in [6.45, 7) is 12.4. The van der Waals surface area contributed by atoms with Crippen molar-refractivity contribution in [3.63, 3.8) is 0 Å². The van der Waals surface area contributed by atoms with Crippen LogP contribution in [0.4, 0.5) is 4.39 Å². The van der Waals surface area contributed by atoms with Gasteiger partial charge < -0.3 is 5.32 Å². The van der Waals surface area contributed by atoms with Gasteiger partial charge in [-0.1, -0.05) is 32.8 Å². The molecule has 1 aliphatic heterocycles. The highest BCUT2D eigenvalue weighted by Crippen LogP contribution is 2.45. The van der Waals surface area contributed by atoms with Gasteiger partial charge in [0, 0.05) is 31.4 Å². The highest BCUT2D eigenvalue weighted by atomic mass is 19.1. The second-order valence-electron chi connectivity index (χ2n) is 9.25. The number of nitrogens with one attached hydrogen (secondary N) is 1. The lowest BCUT2D eigenvalue weighted by molar-refractivity contribution is -0.0216. The van der Waals surface area contributed by atoms with Crippen LogP contribution in [-0.4, -0.2) is 36.2 Å². The summed E-state index contributed by atoms with van der Waals surface area (Å²) in [7, 11) is 1.93. The summed E-state index contributed by atoms with van der Waals surface area (Å²) in [5.74, 6) is 0.436. The summed E-state index contributed by atoms with van der Waals surface area (Å²) in [6, 6.07) is 2.51. The van der Waals surface area contributed by atoms with E-state index in [1.54, 1.807) is 6.92 Å². The molecular weight excluding hydrogens is 349 g/mol. The molecule has 0 saturated heterocycles. The fraction of sp³-hybridized carbons (Fsp3) is 0.792. The minimum Gasteiger partial charge on any atom is -0.390 e. The van der Waals surface area contributed by atoms with Crippen molar-refractivity contribution in [3.05, 3.63) is 22.4 Å². The Morgan fingerprint density at radius 3 is 2.39 bits per heavy atom. The van der Waals surface area contributed by atoms with Crippen LogP contribution in [0.2, 0.25) is 0 Å². The van der Waals surface area contributed by atoms with Gasteiger partial charge in [-0.15, -0.1) is 0 Å². The highest BCUT2D eigenvalue weighted by Gasteiger charge is 2.45. The first-order chi connectivity index (χ1) is 13.3. The second-order valence-corrected chi connectivity index (χ2v) is 9.25. The normalized spacial score (nSPS) is 28.4. The molecule has 1 saturated carbocycles. The fourth-order valence-electron chi connectivity index (χ4n) is 5.33. The summed E-state index contributed by atoms with van der Waals surface area (Å²) in [5.41, 5.74) is 3.61. The van der Waals surface area contributed by atoms with E-state index in [9.17, 15) is 9.65 Å². The average molecular weight is 390 g/mol. The number of alkyl halides is 1. The van der Waals surface area contributed by atoms with Crippen LogP contribution < -0.4 is 5.32 Å². The van der Waals surface area contributed by atoms with Crippen molar-refractivity contribution in [3.8, 4) is 6.07 Å². The second kappa shape index (κ2) is 9.44. The fourth-order valence-corrected chi connectivity index (χ4v) is 5.33. The molecule has 0 atom stereocenters. The van der Waals surface area contributed by atoms with Crippen LogP contribution >= 0.6 is 0 Å². The van der Waals surface area contributed by atoms with Crippen molar-refractivity contribution in [2.45, 2.75) is 97.2 Å². The molecule has 0 bridgehead atoms. The third-order valence-corrected chi connectivity index (χ3v) is 7.15. The Labute approximate surface area is 172 Å². The van der Waals surface area contributed by atoms with Crippen LogP contribution in [0.5, 0.6) is 0 Å². The minimum absolute atomic E-state index is 0.139. The molecule has 0 radical (unpaired) electrons. The van der Waals surface area contributed by atoms with Crippen LogP contribution in [0, 0.1) is 17.2 Å². The lowest BCUT2D eigenvalue weighted by Gasteiger charge is -2.51. The third kappa shape index (κ3) is 4.79. The molecule has 0 spiro atoms. The van der Waals surface area contributed by atoms with E-state index >= 15 is 0 Å². The van der Waals surface area contributed by atoms with Crippen molar-refractivity contribution in [2.75, 3.05) is 20.1 Å².